The Morgan fingerprint density at radius 1 is 1.22 bits per heavy atom. The number of nitro benzene ring substituents is 2. The molecule has 0 fully saturated rings. The van der Waals surface area contributed by atoms with Crippen LogP contribution < -0.4 is 5.32 Å². The number of benzene rings is 1. The maximum atomic E-state index is 12.2. The van der Waals surface area contributed by atoms with Crippen LogP contribution in [-0.2, 0) is 14.3 Å². The second-order valence-corrected chi connectivity index (χ2v) is 4.44. The van der Waals surface area contributed by atoms with E-state index in [1.54, 1.807) is 0 Å². The molecule has 11 heteroatoms. The lowest BCUT2D eigenvalue weighted by Crippen LogP contribution is -2.41. The molecule has 1 aromatic rings. The number of fused-ring (bicyclic) bond motifs is 1. The number of Topliss-reactive ketones (excluding diaryl/α,β-unsaturated/α-hetero) is 1. The molecule has 0 bridgehead atoms. The normalized spacial score (nSPS) is 16.3. The van der Waals surface area contributed by atoms with E-state index in [0.717, 1.165) is 0 Å². The maximum Gasteiger partial charge on any atom is 0.348 e. The van der Waals surface area contributed by atoms with Gasteiger partial charge in [-0.25, -0.2) is 0 Å². The highest BCUT2D eigenvalue weighted by Crippen LogP contribution is 2.36. The average Bonchev–Trinajstić information content (AvgIpc) is 2.46. The number of esters is 1. The first kappa shape index (κ1) is 16.0. The predicted octanol–water partition coefficient (Wildman–Crippen LogP) is 0.817. The van der Waals surface area contributed by atoms with E-state index < -0.39 is 44.8 Å². The van der Waals surface area contributed by atoms with Gasteiger partial charge in [-0.2, -0.15) is 0 Å². The Morgan fingerprint density at radius 3 is 2.30 bits per heavy atom. The van der Waals surface area contributed by atoms with Crippen molar-refractivity contribution in [3.63, 3.8) is 0 Å². The van der Waals surface area contributed by atoms with E-state index in [4.69, 9.17) is 0 Å². The number of nitrogens with one attached hydrogen (secondary N) is 1. The molecule has 120 valence electrons. The van der Waals surface area contributed by atoms with Gasteiger partial charge in [-0.1, -0.05) is 0 Å². The molecule has 1 atom stereocenters. The molecule has 23 heavy (non-hydrogen) atoms. The van der Waals surface area contributed by atoms with E-state index in [0.29, 0.717) is 12.1 Å². The summed E-state index contributed by atoms with van der Waals surface area (Å²) in [6.07, 6.45) is 0. The van der Waals surface area contributed by atoms with Crippen LogP contribution in [0.2, 0.25) is 0 Å². The number of rotatable bonds is 4. The van der Waals surface area contributed by atoms with Gasteiger partial charge in [-0.05, 0) is 6.92 Å². The average molecular weight is 323 g/mol. The Balaban J connectivity index is 2.58. The van der Waals surface area contributed by atoms with Gasteiger partial charge in [0.1, 0.15) is 0 Å². The third kappa shape index (κ3) is 2.71. The molecular formula is C12H9N3O8. The summed E-state index contributed by atoms with van der Waals surface area (Å²) < 4.78 is 4.61. The minimum Gasteiger partial charge on any atom is -0.465 e. The van der Waals surface area contributed by atoms with Crippen molar-refractivity contribution in [2.24, 2.45) is 5.92 Å². The Labute approximate surface area is 127 Å². The van der Waals surface area contributed by atoms with Crippen molar-refractivity contribution in [3.8, 4) is 0 Å². The number of hydrogen-bond donors (Lipinski definition) is 1. The maximum absolute atomic E-state index is 12.2. The molecule has 1 amide bonds. The molecule has 0 saturated heterocycles. The minimum absolute atomic E-state index is 0.0663. The van der Waals surface area contributed by atoms with Crippen LogP contribution in [0.3, 0.4) is 0 Å². The van der Waals surface area contributed by atoms with Gasteiger partial charge >= 0.3 is 17.3 Å². The van der Waals surface area contributed by atoms with Crippen LogP contribution >= 0.6 is 0 Å². The van der Waals surface area contributed by atoms with Gasteiger partial charge in [0.05, 0.1) is 22.1 Å². The van der Waals surface area contributed by atoms with Crippen molar-refractivity contribution in [2.75, 3.05) is 11.9 Å². The van der Waals surface area contributed by atoms with Gasteiger partial charge in [0.15, 0.2) is 11.7 Å². The molecule has 0 saturated carbocycles. The topological polar surface area (TPSA) is 159 Å². The van der Waals surface area contributed by atoms with Gasteiger partial charge in [0.2, 0.25) is 5.91 Å². The number of carbonyl (C=O) groups excluding carboxylic acids is 3. The van der Waals surface area contributed by atoms with Crippen molar-refractivity contribution < 1.29 is 29.0 Å². The Hall–Kier alpha value is -3.37. The molecule has 11 nitrogen and oxygen atoms in total. The molecule has 0 radical (unpaired) electrons. The van der Waals surface area contributed by atoms with Gasteiger partial charge < -0.3 is 10.1 Å². The van der Waals surface area contributed by atoms with E-state index in [2.05, 4.69) is 10.1 Å². The van der Waals surface area contributed by atoms with Gasteiger partial charge in [0, 0.05) is 17.7 Å². The zero-order valence-electron chi connectivity index (χ0n) is 11.6. The van der Waals surface area contributed by atoms with Crippen LogP contribution in [-0.4, -0.2) is 34.1 Å². The lowest BCUT2D eigenvalue weighted by Gasteiger charge is -2.21. The van der Waals surface area contributed by atoms with Crippen LogP contribution in [0.4, 0.5) is 17.1 Å². The number of carbonyl (C=O) groups is 3. The molecule has 1 aliphatic heterocycles. The largest absolute Gasteiger partial charge is 0.465 e. The van der Waals surface area contributed by atoms with E-state index >= 15 is 0 Å². The molecule has 1 N–H and O–H groups in total. The monoisotopic (exact) mass is 323 g/mol. The third-order valence-corrected chi connectivity index (χ3v) is 3.08. The lowest BCUT2D eigenvalue weighted by atomic mass is 9.91. The first-order valence-electron chi connectivity index (χ1n) is 6.26. The van der Waals surface area contributed by atoms with E-state index in [1.807, 2.05) is 0 Å². The van der Waals surface area contributed by atoms with Gasteiger partial charge in [-0.3, -0.25) is 34.6 Å². The van der Waals surface area contributed by atoms with Crippen LogP contribution in [0.15, 0.2) is 12.1 Å². The molecule has 2 rings (SSSR count). The van der Waals surface area contributed by atoms with Crippen LogP contribution in [0.5, 0.6) is 0 Å². The molecule has 0 spiro atoms. The van der Waals surface area contributed by atoms with Crippen molar-refractivity contribution >= 4 is 34.7 Å². The summed E-state index contributed by atoms with van der Waals surface area (Å²) in [6.45, 7) is 1.41. The molecule has 0 aliphatic carbocycles. The lowest BCUT2D eigenvalue weighted by molar-refractivity contribution is -0.422. The standard InChI is InChI=1S/C12H9N3O8/c1-2-23-12(18)9-10(16)5-3-7(14(19)20)8(15(21)22)4-6(5)13-11(9)17/h3-4,9H,2H2,1H3,(H,13,17). The van der Waals surface area contributed by atoms with E-state index in [1.165, 1.54) is 6.92 Å². The number of ketones is 1. The first-order chi connectivity index (χ1) is 10.8. The molecule has 1 aromatic carbocycles. The van der Waals surface area contributed by atoms with Gasteiger partial charge in [-0.15, -0.1) is 0 Å². The highest BCUT2D eigenvalue weighted by Gasteiger charge is 2.43. The summed E-state index contributed by atoms with van der Waals surface area (Å²) in [5.41, 5.74) is -2.42. The van der Waals surface area contributed by atoms with E-state index in [-0.39, 0.29) is 17.9 Å². The smallest absolute Gasteiger partial charge is 0.348 e. The van der Waals surface area contributed by atoms with Crippen molar-refractivity contribution in [1.29, 1.82) is 0 Å². The van der Waals surface area contributed by atoms with Crippen molar-refractivity contribution in [3.05, 3.63) is 37.9 Å². The fraction of sp³-hybridized carbons (Fsp3) is 0.250. The zero-order chi connectivity index (χ0) is 17.3. The van der Waals surface area contributed by atoms with Gasteiger partial charge in [0.25, 0.3) is 0 Å². The van der Waals surface area contributed by atoms with Crippen LogP contribution in [0, 0.1) is 26.1 Å². The molecular weight excluding hydrogens is 314 g/mol. The van der Waals surface area contributed by atoms with Crippen molar-refractivity contribution in [1.82, 2.24) is 0 Å². The summed E-state index contributed by atoms with van der Waals surface area (Å²) in [5.74, 6) is -4.92. The Kier molecular flexibility index (Phi) is 4.03. The summed E-state index contributed by atoms with van der Waals surface area (Å²) in [6, 6.07) is 1.38. The molecule has 1 heterocycles. The molecule has 1 unspecified atom stereocenters. The SMILES string of the molecule is CCOC(=O)C1C(=O)Nc2cc([N+](=O)[O-])c([N+](=O)[O-])cc2C1=O. The highest BCUT2D eigenvalue weighted by atomic mass is 16.6. The minimum atomic E-state index is -1.80. The summed E-state index contributed by atoms with van der Waals surface area (Å²) >= 11 is 0. The number of anilines is 1. The first-order valence-corrected chi connectivity index (χ1v) is 6.26. The van der Waals surface area contributed by atoms with Crippen LogP contribution in [0.25, 0.3) is 0 Å². The van der Waals surface area contributed by atoms with E-state index in [9.17, 15) is 34.6 Å². The Bertz CT molecular complexity index is 757. The molecule has 0 aromatic heterocycles. The Morgan fingerprint density at radius 2 is 1.78 bits per heavy atom. The number of ether oxygens (including phenoxy) is 1. The fourth-order valence-corrected chi connectivity index (χ4v) is 2.10. The number of hydrogen-bond acceptors (Lipinski definition) is 8. The molecule has 1 aliphatic rings. The summed E-state index contributed by atoms with van der Waals surface area (Å²) in [4.78, 5) is 55.5. The summed E-state index contributed by atoms with van der Waals surface area (Å²) in [7, 11) is 0. The number of amides is 1. The second kappa shape index (κ2) is 5.79. The highest BCUT2D eigenvalue weighted by molar-refractivity contribution is 6.30. The number of nitro groups is 2. The van der Waals surface area contributed by atoms with Crippen LogP contribution in [0.1, 0.15) is 17.3 Å². The fourth-order valence-electron chi connectivity index (χ4n) is 2.10. The summed E-state index contributed by atoms with van der Waals surface area (Å²) in [5, 5.41) is 23.9. The quantitative estimate of drug-likeness (QED) is 0.369. The van der Waals surface area contributed by atoms with Crippen molar-refractivity contribution in [2.45, 2.75) is 6.92 Å². The third-order valence-electron chi connectivity index (χ3n) is 3.08. The predicted molar refractivity (Wildman–Crippen MR) is 72.8 cm³/mol. The second-order valence-electron chi connectivity index (χ2n) is 4.44. The number of nitrogens with zero attached hydrogens (tertiary/aromatic N) is 2. The zero-order valence-corrected chi connectivity index (χ0v) is 11.6.